The van der Waals surface area contributed by atoms with Gasteiger partial charge in [-0.2, -0.15) is 13.2 Å². The largest absolute Gasteiger partial charge is 0.416 e. The predicted octanol–water partition coefficient (Wildman–Crippen LogP) is 3.38. The maximum absolute atomic E-state index is 12.6. The Balaban J connectivity index is 1.93. The summed E-state index contributed by atoms with van der Waals surface area (Å²) in [5.41, 5.74) is 0.460. The number of anilines is 1. The highest BCUT2D eigenvalue weighted by Crippen LogP contribution is 2.30. The SMILES string of the molecule is Cc1cccc(C(=O)NCC(=O)Nc2cccc(C(F)(F)F)c2)c1. The number of alkyl halides is 3. The van der Waals surface area contributed by atoms with Gasteiger partial charge in [0.05, 0.1) is 12.1 Å². The van der Waals surface area contributed by atoms with E-state index < -0.39 is 23.6 Å². The molecular formula is C17H15F3N2O2. The zero-order valence-electron chi connectivity index (χ0n) is 12.8. The fraction of sp³-hybridized carbons (Fsp3) is 0.176. The van der Waals surface area contributed by atoms with Gasteiger partial charge in [0.1, 0.15) is 0 Å². The fourth-order valence-electron chi connectivity index (χ4n) is 2.03. The smallest absolute Gasteiger partial charge is 0.343 e. The molecule has 0 aromatic heterocycles. The van der Waals surface area contributed by atoms with E-state index in [-0.39, 0.29) is 12.2 Å². The summed E-state index contributed by atoms with van der Waals surface area (Å²) in [6, 6.07) is 11.1. The normalized spacial score (nSPS) is 11.0. The number of hydrogen-bond donors (Lipinski definition) is 2. The molecule has 0 spiro atoms. The molecule has 0 heterocycles. The average molecular weight is 336 g/mol. The Morgan fingerprint density at radius 3 is 2.42 bits per heavy atom. The molecule has 0 aliphatic rings. The summed E-state index contributed by atoms with van der Waals surface area (Å²) in [5.74, 6) is -1.05. The molecule has 0 fully saturated rings. The van der Waals surface area contributed by atoms with Crippen LogP contribution in [0.25, 0.3) is 0 Å². The van der Waals surface area contributed by atoms with Gasteiger partial charge in [-0.3, -0.25) is 9.59 Å². The minimum Gasteiger partial charge on any atom is -0.343 e. The van der Waals surface area contributed by atoms with Crippen LogP contribution >= 0.6 is 0 Å². The molecule has 0 saturated heterocycles. The Bertz CT molecular complexity index is 757. The molecule has 24 heavy (non-hydrogen) atoms. The lowest BCUT2D eigenvalue weighted by molar-refractivity contribution is -0.137. The summed E-state index contributed by atoms with van der Waals surface area (Å²) < 4.78 is 37.8. The predicted molar refractivity (Wildman–Crippen MR) is 83.6 cm³/mol. The molecule has 0 aliphatic carbocycles. The summed E-state index contributed by atoms with van der Waals surface area (Å²) in [5, 5.41) is 4.74. The van der Waals surface area contributed by atoms with E-state index in [9.17, 15) is 22.8 Å². The Morgan fingerprint density at radius 1 is 1.04 bits per heavy atom. The van der Waals surface area contributed by atoms with Crippen LogP contribution in [0, 0.1) is 6.92 Å². The first kappa shape index (κ1) is 17.5. The quantitative estimate of drug-likeness (QED) is 0.899. The molecule has 2 aromatic rings. The number of halogens is 3. The number of benzene rings is 2. The lowest BCUT2D eigenvalue weighted by Gasteiger charge is -2.10. The summed E-state index contributed by atoms with van der Waals surface area (Å²) in [7, 11) is 0. The van der Waals surface area contributed by atoms with Crippen molar-refractivity contribution in [2.75, 3.05) is 11.9 Å². The number of hydrogen-bond acceptors (Lipinski definition) is 2. The van der Waals surface area contributed by atoms with Gasteiger partial charge in [-0.1, -0.05) is 23.8 Å². The van der Waals surface area contributed by atoms with Crippen LogP contribution in [0.5, 0.6) is 0 Å². The van der Waals surface area contributed by atoms with Crippen molar-refractivity contribution >= 4 is 17.5 Å². The summed E-state index contributed by atoms with van der Waals surface area (Å²) in [6.07, 6.45) is -4.49. The Kier molecular flexibility index (Phi) is 5.23. The number of carbonyl (C=O) groups is 2. The molecule has 4 nitrogen and oxygen atoms in total. The molecule has 7 heteroatoms. The van der Waals surface area contributed by atoms with Gasteiger partial charge < -0.3 is 10.6 Å². The van der Waals surface area contributed by atoms with Gasteiger partial charge in [-0.05, 0) is 37.3 Å². The first-order valence-corrected chi connectivity index (χ1v) is 7.08. The molecule has 0 aliphatic heterocycles. The van der Waals surface area contributed by atoms with Crippen molar-refractivity contribution in [3.8, 4) is 0 Å². The van der Waals surface area contributed by atoms with Crippen LogP contribution in [-0.4, -0.2) is 18.4 Å². The van der Waals surface area contributed by atoms with Crippen molar-refractivity contribution in [3.05, 3.63) is 65.2 Å². The van der Waals surface area contributed by atoms with Gasteiger partial charge in [0, 0.05) is 11.3 Å². The van der Waals surface area contributed by atoms with Crippen LogP contribution in [0.3, 0.4) is 0 Å². The average Bonchev–Trinajstić information content (AvgIpc) is 2.52. The van der Waals surface area contributed by atoms with E-state index in [0.29, 0.717) is 5.56 Å². The van der Waals surface area contributed by atoms with Crippen molar-refractivity contribution < 1.29 is 22.8 Å². The fourth-order valence-corrected chi connectivity index (χ4v) is 2.03. The first-order chi connectivity index (χ1) is 11.3. The number of aryl methyl sites for hydroxylation is 1. The lowest BCUT2D eigenvalue weighted by Crippen LogP contribution is -2.32. The van der Waals surface area contributed by atoms with Crippen molar-refractivity contribution in [2.24, 2.45) is 0 Å². The van der Waals surface area contributed by atoms with E-state index in [1.165, 1.54) is 12.1 Å². The molecule has 126 valence electrons. The number of amides is 2. The number of nitrogens with one attached hydrogen (secondary N) is 2. The maximum Gasteiger partial charge on any atom is 0.416 e. The van der Waals surface area contributed by atoms with Crippen molar-refractivity contribution in [1.82, 2.24) is 5.32 Å². The van der Waals surface area contributed by atoms with Gasteiger partial charge in [0.25, 0.3) is 5.91 Å². The Hall–Kier alpha value is -2.83. The van der Waals surface area contributed by atoms with Crippen molar-refractivity contribution in [1.29, 1.82) is 0 Å². The molecule has 0 atom stereocenters. The minimum atomic E-state index is -4.49. The van der Waals surface area contributed by atoms with E-state index in [2.05, 4.69) is 10.6 Å². The van der Waals surface area contributed by atoms with E-state index in [4.69, 9.17) is 0 Å². The molecule has 2 N–H and O–H groups in total. The Morgan fingerprint density at radius 2 is 1.75 bits per heavy atom. The molecule has 0 bridgehead atoms. The molecular weight excluding hydrogens is 321 g/mol. The van der Waals surface area contributed by atoms with E-state index >= 15 is 0 Å². The van der Waals surface area contributed by atoms with Crippen LogP contribution in [0.1, 0.15) is 21.5 Å². The van der Waals surface area contributed by atoms with Gasteiger partial charge in [-0.15, -0.1) is 0 Å². The molecule has 0 unspecified atom stereocenters. The van der Waals surface area contributed by atoms with Crippen LogP contribution in [0.15, 0.2) is 48.5 Å². The second kappa shape index (κ2) is 7.16. The zero-order valence-corrected chi connectivity index (χ0v) is 12.8. The summed E-state index contributed by atoms with van der Waals surface area (Å²) in [4.78, 5) is 23.7. The molecule has 0 radical (unpaired) electrons. The lowest BCUT2D eigenvalue weighted by atomic mass is 10.1. The molecule has 2 amide bonds. The van der Waals surface area contributed by atoms with Gasteiger partial charge in [0.2, 0.25) is 5.91 Å². The third kappa shape index (κ3) is 4.84. The second-order valence-electron chi connectivity index (χ2n) is 5.18. The van der Waals surface area contributed by atoms with Gasteiger partial charge in [0.15, 0.2) is 0 Å². The van der Waals surface area contributed by atoms with Crippen LogP contribution in [-0.2, 0) is 11.0 Å². The van der Waals surface area contributed by atoms with Crippen LogP contribution < -0.4 is 10.6 Å². The maximum atomic E-state index is 12.6. The second-order valence-corrected chi connectivity index (χ2v) is 5.18. The number of rotatable bonds is 4. The van der Waals surface area contributed by atoms with Crippen molar-refractivity contribution in [2.45, 2.75) is 13.1 Å². The molecule has 2 aromatic carbocycles. The van der Waals surface area contributed by atoms with Gasteiger partial charge in [-0.25, -0.2) is 0 Å². The highest BCUT2D eigenvalue weighted by Gasteiger charge is 2.30. The highest BCUT2D eigenvalue weighted by atomic mass is 19.4. The third-order valence-electron chi connectivity index (χ3n) is 3.16. The number of carbonyl (C=O) groups excluding carboxylic acids is 2. The summed E-state index contributed by atoms with van der Waals surface area (Å²) in [6.45, 7) is 1.49. The third-order valence-corrected chi connectivity index (χ3v) is 3.16. The van der Waals surface area contributed by atoms with E-state index in [1.54, 1.807) is 18.2 Å². The van der Waals surface area contributed by atoms with E-state index in [0.717, 1.165) is 17.7 Å². The highest BCUT2D eigenvalue weighted by molar-refractivity contribution is 5.99. The van der Waals surface area contributed by atoms with Crippen LogP contribution in [0.4, 0.5) is 18.9 Å². The first-order valence-electron chi connectivity index (χ1n) is 7.08. The van der Waals surface area contributed by atoms with E-state index in [1.807, 2.05) is 13.0 Å². The standard InChI is InChI=1S/C17H15F3N2O2/c1-11-4-2-5-12(8-11)16(24)21-10-15(23)22-14-7-3-6-13(9-14)17(18,19)20/h2-9H,10H2,1H3,(H,21,24)(H,22,23). The molecule has 2 rings (SSSR count). The zero-order chi connectivity index (χ0) is 17.7. The Labute approximate surface area is 136 Å². The topological polar surface area (TPSA) is 58.2 Å². The summed E-state index contributed by atoms with van der Waals surface area (Å²) >= 11 is 0. The minimum absolute atomic E-state index is 0.0135. The van der Waals surface area contributed by atoms with Crippen molar-refractivity contribution in [3.63, 3.8) is 0 Å². The molecule has 0 saturated carbocycles. The van der Waals surface area contributed by atoms with Crippen LogP contribution in [0.2, 0.25) is 0 Å². The monoisotopic (exact) mass is 336 g/mol. The van der Waals surface area contributed by atoms with Gasteiger partial charge >= 0.3 is 6.18 Å².